The molecule has 2 rings (SSSR count). The van der Waals surface area contributed by atoms with Crippen LogP contribution in [0.25, 0.3) is 11.3 Å². The summed E-state index contributed by atoms with van der Waals surface area (Å²) in [6.45, 7) is 1.99. The second kappa shape index (κ2) is 5.57. The molecule has 0 amide bonds. The normalized spacial score (nSPS) is 12.4. The lowest BCUT2D eigenvalue weighted by Crippen LogP contribution is -2.19. The highest BCUT2D eigenvalue weighted by Gasteiger charge is 2.12. The third kappa shape index (κ3) is 3.82. The maximum Gasteiger partial charge on any atom is 0.325 e. The number of hydrogen-bond acceptors (Lipinski definition) is 5. The van der Waals surface area contributed by atoms with E-state index in [1.165, 1.54) is 0 Å². The highest BCUT2D eigenvalue weighted by Crippen LogP contribution is 2.19. The van der Waals surface area contributed by atoms with Crippen LogP contribution in [0.15, 0.2) is 35.6 Å². The van der Waals surface area contributed by atoms with Crippen LogP contribution < -0.4 is 5.73 Å². The van der Waals surface area contributed by atoms with E-state index in [-0.39, 0.29) is 5.84 Å². The number of nitrogens with zero attached hydrogens (tertiary/aromatic N) is 3. The molecule has 8 heteroatoms. The Morgan fingerprint density at radius 2 is 2.14 bits per heavy atom. The van der Waals surface area contributed by atoms with E-state index >= 15 is 0 Å². The lowest BCUT2D eigenvalue weighted by molar-refractivity contribution is 0.342. The van der Waals surface area contributed by atoms with Gasteiger partial charge in [-0.05, 0) is 18.1 Å². The van der Waals surface area contributed by atoms with Crippen molar-refractivity contribution in [1.82, 2.24) is 9.55 Å². The number of rotatable bonds is 4. The maximum atomic E-state index is 10.9. The Bertz CT molecular complexity index is 793. The average Bonchev–Trinajstić information content (AvgIpc) is 2.77. The highest BCUT2D eigenvalue weighted by molar-refractivity contribution is 7.85. The van der Waals surface area contributed by atoms with Gasteiger partial charge in [0.15, 0.2) is 5.82 Å². The monoisotopic (exact) mass is 308 g/mol. The van der Waals surface area contributed by atoms with Crippen LogP contribution in [0.2, 0.25) is 0 Å². The Labute approximate surface area is 123 Å². The summed E-state index contributed by atoms with van der Waals surface area (Å²) in [6.07, 6.45) is 2.67. The van der Waals surface area contributed by atoms with Crippen molar-refractivity contribution in [2.24, 2.45) is 17.9 Å². The van der Waals surface area contributed by atoms with Crippen molar-refractivity contribution in [1.29, 1.82) is 0 Å². The summed E-state index contributed by atoms with van der Waals surface area (Å²) in [5.74, 6) is 0.219. The minimum Gasteiger partial charge on any atom is -0.378 e. The molecular weight excluding hydrogens is 292 g/mol. The Hall–Kier alpha value is -2.35. The summed E-state index contributed by atoms with van der Waals surface area (Å²) in [6, 6.07) is 7.85. The topological polar surface area (TPSA) is 99.6 Å². The first kappa shape index (κ1) is 15.0. The van der Waals surface area contributed by atoms with Crippen LogP contribution >= 0.6 is 0 Å². The molecule has 0 bridgehead atoms. The van der Waals surface area contributed by atoms with Crippen LogP contribution in [-0.2, 0) is 21.4 Å². The lowest BCUT2D eigenvalue weighted by Gasteiger charge is -1.99. The molecule has 0 aliphatic heterocycles. The fourth-order valence-electron chi connectivity index (χ4n) is 1.80. The van der Waals surface area contributed by atoms with E-state index in [1.54, 1.807) is 17.8 Å². The number of oxime groups is 1. The van der Waals surface area contributed by atoms with Crippen LogP contribution in [0.5, 0.6) is 0 Å². The standard InChI is InChI=1S/C13H16N4O3S/c1-9-5-4-6-10(7-9)11-8-17(2)13(15-11)12(14)16-20-21(3,18)19/h4-8H,1-3H3,(H2,14,16). The Morgan fingerprint density at radius 1 is 1.43 bits per heavy atom. The molecule has 1 aromatic carbocycles. The van der Waals surface area contributed by atoms with E-state index in [1.807, 2.05) is 31.2 Å². The molecule has 2 N–H and O–H groups in total. The van der Waals surface area contributed by atoms with Crippen LogP contribution in [0.1, 0.15) is 11.4 Å². The molecule has 0 aliphatic carbocycles. The number of aromatic nitrogens is 2. The number of aryl methyl sites for hydroxylation is 2. The molecule has 1 aromatic heterocycles. The van der Waals surface area contributed by atoms with Crippen LogP contribution in [-0.4, -0.2) is 30.1 Å². The summed E-state index contributed by atoms with van der Waals surface area (Å²) in [4.78, 5) is 4.35. The summed E-state index contributed by atoms with van der Waals surface area (Å²) in [5, 5.41) is 3.37. The molecule has 0 spiro atoms. The zero-order valence-electron chi connectivity index (χ0n) is 11.9. The SMILES string of the molecule is Cc1cccc(-c2cn(C)c(C(N)=NOS(C)(=O)=O)n2)c1. The van der Waals surface area contributed by atoms with Gasteiger partial charge in [0.25, 0.3) is 0 Å². The van der Waals surface area contributed by atoms with Crippen molar-refractivity contribution < 1.29 is 12.7 Å². The number of amidine groups is 1. The molecular formula is C13H16N4O3S. The summed E-state index contributed by atoms with van der Waals surface area (Å²) in [5.41, 5.74) is 8.47. The zero-order valence-corrected chi connectivity index (χ0v) is 12.8. The van der Waals surface area contributed by atoms with E-state index in [0.717, 1.165) is 17.4 Å². The quantitative estimate of drug-likeness (QED) is 0.516. The number of imidazole rings is 1. The molecule has 0 saturated heterocycles. The Balaban J connectivity index is 2.35. The van der Waals surface area contributed by atoms with Crippen LogP contribution in [0, 0.1) is 6.92 Å². The van der Waals surface area contributed by atoms with Crippen molar-refractivity contribution in [3.8, 4) is 11.3 Å². The van der Waals surface area contributed by atoms with Gasteiger partial charge in [-0.2, -0.15) is 8.42 Å². The van der Waals surface area contributed by atoms with Gasteiger partial charge in [-0.1, -0.05) is 23.8 Å². The molecule has 112 valence electrons. The largest absolute Gasteiger partial charge is 0.378 e. The van der Waals surface area contributed by atoms with E-state index in [9.17, 15) is 8.42 Å². The molecule has 2 aromatic rings. The second-order valence-corrected chi connectivity index (χ2v) is 6.24. The average molecular weight is 308 g/mol. The zero-order chi connectivity index (χ0) is 15.6. The lowest BCUT2D eigenvalue weighted by atomic mass is 10.1. The van der Waals surface area contributed by atoms with Gasteiger partial charge in [0.1, 0.15) is 0 Å². The Morgan fingerprint density at radius 3 is 2.76 bits per heavy atom. The molecule has 0 fully saturated rings. The van der Waals surface area contributed by atoms with E-state index in [2.05, 4.69) is 14.4 Å². The molecule has 0 aliphatic rings. The molecule has 0 saturated carbocycles. The fraction of sp³-hybridized carbons (Fsp3) is 0.231. The van der Waals surface area contributed by atoms with Gasteiger partial charge in [-0.15, -0.1) is 0 Å². The first-order chi connectivity index (χ1) is 9.76. The van der Waals surface area contributed by atoms with Gasteiger partial charge in [0.05, 0.1) is 11.9 Å². The smallest absolute Gasteiger partial charge is 0.325 e. The van der Waals surface area contributed by atoms with Gasteiger partial charge in [0.2, 0.25) is 5.84 Å². The second-order valence-electron chi connectivity index (χ2n) is 4.69. The first-order valence-electron chi connectivity index (χ1n) is 6.09. The predicted molar refractivity (Wildman–Crippen MR) is 80.0 cm³/mol. The highest BCUT2D eigenvalue weighted by atomic mass is 32.2. The van der Waals surface area contributed by atoms with Gasteiger partial charge < -0.3 is 10.3 Å². The van der Waals surface area contributed by atoms with Gasteiger partial charge in [-0.3, -0.25) is 4.28 Å². The molecule has 0 radical (unpaired) electrons. The van der Waals surface area contributed by atoms with Crippen molar-refractivity contribution in [3.05, 3.63) is 41.9 Å². The predicted octanol–water partition coefficient (Wildman–Crippen LogP) is 0.992. The van der Waals surface area contributed by atoms with Crippen LogP contribution in [0.4, 0.5) is 0 Å². The maximum absolute atomic E-state index is 10.9. The van der Waals surface area contributed by atoms with E-state index < -0.39 is 10.1 Å². The van der Waals surface area contributed by atoms with Crippen molar-refractivity contribution in [3.63, 3.8) is 0 Å². The molecule has 1 heterocycles. The van der Waals surface area contributed by atoms with Gasteiger partial charge in [-0.25, -0.2) is 4.98 Å². The van der Waals surface area contributed by atoms with Crippen molar-refractivity contribution in [2.75, 3.05) is 6.26 Å². The van der Waals surface area contributed by atoms with E-state index in [0.29, 0.717) is 11.5 Å². The summed E-state index contributed by atoms with van der Waals surface area (Å²) >= 11 is 0. The van der Waals surface area contributed by atoms with Gasteiger partial charge >= 0.3 is 10.1 Å². The molecule has 0 unspecified atom stereocenters. The third-order valence-electron chi connectivity index (χ3n) is 2.69. The first-order valence-corrected chi connectivity index (χ1v) is 7.91. The van der Waals surface area contributed by atoms with Crippen LogP contribution in [0.3, 0.4) is 0 Å². The van der Waals surface area contributed by atoms with Crippen molar-refractivity contribution in [2.45, 2.75) is 6.92 Å². The fourth-order valence-corrected chi connectivity index (χ4v) is 2.01. The molecule has 21 heavy (non-hydrogen) atoms. The molecule has 0 atom stereocenters. The van der Waals surface area contributed by atoms with E-state index in [4.69, 9.17) is 5.73 Å². The minimum atomic E-state index is -3.70. The minimum absolute atomic E-state index is 0.109. The van der Waals surface area contributed by atoms with Crippen molar-refractivity contribution >= 4 is 16.0 Å². The summed E-state index contributed by atoms with van der Waals surface area (Å²) < 4.78 is 27.8. The third-order valence-corrected chi connectivity index (χ3v) is 3.04. The summed E-state index contributed by atoms with van der Waals surface area (Å²) in [7, 11) is -1.96. The molecule has 7 nitrogen and oxygen atoms in total. The van der Waals surface area contributed by atoms with Gasteiger partial charge in [0, 0.05) is 18.8 Å². The number of nitrogens with two attached hydrogens (primary N) is 1. The Kier molecular flexibility index (Phi) is 3.99. The number of benzene rings is 1. The number of hydrogen-bond donors (Lipinski definition) is 1.